The van der Waals surface area contributed by atoms with Crippen LogP contribution in [0.4, 0.5) is 0 Å². The molecule has 1 atom stereocenters. The Balaban J connectivity index is 1.87. The summed E-state index contributed by atoms with van der Waals surface area (Å²) in [6, 6.07) is 12.3. The van der Waals surface area contributed by atoms with Gasteiger partial charge in [0, 0.05) is 22.7 Å². The van der Waals surface area contributed by atoms with Crippen LogP contribution in [0.2, 0.25) is 5.02 Å². The molecule has 150 valence electrons. The van der Waals surface area contributed by atoms with Crippen LogP contribution in [0.25, 0.3) is 11.3 Å². The largest absolute Gasteiger partial charge is 0.504 e. The summed E-state index contributed by atoms with van der Waals surface area (Å²) in [7, 11) is 0. The number of nitrogens with one attached hydrogen (secondary N) is 1. The van der Waals surface area contributed by atoms with Crippen molar-refractivity contribution in [1.82, 2.24) is 15.1 Å². The van der Waals surface area contributed by atoms with E-state index in [1.807, 2.05) is 36.9 Å². The van der Waals surface area contributed by atoms with Crippen LogP contribution in [0.15, 0.2) is 42.5 Å². The summed E-state index contributed by atoms with van der Waals surface area (Å²) in [5.74, 6) is 0.400. The molecule has 4 rings (SSSR count). The molecule has 2 aromatic carbocycles. The molecule has 0 radical (unpaired) electrons. The number of aromatic amines is 1. The van der Waals surface area contributed by atoms with Crippen molar-refractivity contribution in [2.75, 3.05) is 13.2 Å². The molecule has 1 aliphatic heterocycles. The highest BCUT2D eigenvalue weighted by molar-refractivity contribution is 6.30. The van der Waals surface area contributed by atoms with Crippen LogP contribution in [0, 0.1) is 0 Å². The molecular weight excluding hydrogens is 390 g/mol. The van der Waals surface area contributed by atoms with Gasteiger partial charge >= 0.3 is 0 Å². The molecule has 0 saturated heterocycles. The predicted octanol–water partition coefficient (Wildman–Crippen LogP) is 4.79. The summed E-state index contributed by atoms with van der Waals surface area (Å²) < 4.78 is 5.56. The third-order valence-corrected chi connectivity index (χ3v) is 5.30. The van der Waals surface area contributed by atoms with Gasteiger partial charge in [0.05, 0.1) is 18.3 Å². The second kappa shape index (κ2) is 7.79. The minimum atomic E-state index is -0.318. The Bertz CT molecular complexity index is 1050. The van der Waals surface area contributed by atoms with E-state index in [0.29, 0.717) is 29.6 Å². The number of benzene rings is 2. The van der Waals surface area contributed by atoms with Crippen molar-refractivity contribution in [2.45, 2.75) is 26.3 Å². The van der Waals surface area contributed by atoms with Gasteiger partial charge in [0.15, 0.2) is 11.5 Å². The van der Waals surface area contributed by atoms with E-state index >= 15 is 0 Å². The van der Waals surface area contributed by atoms with Crippen LogP contribution in [-0.4, -0.2) is 39.3 Å². The van der Waals surface area contributed by atoms with E-state index in [1.165, 1.54) is 0 Å². The van der Waals surface area contributed by atoms with E-state index in [0.717, 1.165) is 28.8 Å². The monoisotopic (exact) mass is 411 g/mol. The van der Waals surface area contributed by atoms with Crippen molar-refractivity contribution in [2.24, 2.45) is 0 Å². The van der Waals surface area contributed by atoms with Crippen LogP contribution < -0.4 is 4.74 Å². The third kappa shape index (κ3) is 3.34. The van der Waals surface area contributed by atoms with E-state index < -0.39 is 0 Å². The molecule has 0 saturated carbocycles. The Morgan fingerprint density at radius 3 is 2.66 bits per heavy atom. The summed E-state index contributed by atoms with van der Waals surface area (Å²) in [5.41, 5.74) is 3.80. The standard InChI is InChI=1S/C22H22ClN3O3/c1-3-11-26-21(14-7-10-16(27)17(12-14)29-4-2)18-19(24-25-20(18)22(26)28)13-5-8-15(23)9-6-13/h5-10,12,21,27H,3-4,11H2,1-2H3,(H,24,25). The SMILES string of the molecule is CCCN1C(=O)c2[nH]nc(-c3ccc(Cl)cc3)c2C1c1ccc(O)c(OCC)c1. The molecule has 0 spiro atoms. The maximum Gasteiger partial charge on any atom is 0.273 e. The van der Waals surface area contributed by atoms with Crippen molar-refractivity contribution in [3.8, 4) is 22.8 Å². The zero-order valence-electron chi connectivity index (χ0n) is 16.3. The van der Waals surface area contributed by atoms with Gasteiger partial charge in [-0.15, -0.1) is 0 Å². The minimum absolute atomic E-state index is 0.0762. The highest BCUT2D eigenvalue weighted by Gasteiger charge is 2.41. The molecule has 29 heavy (non-hydrogen) atoms. The lowest BCUT2D eigenvalue weighted by molar-refractivity contribution is 0.0743. The van der Waals surface area contributed by atoms with Crippen LogP contribution >= 0.6 is 11.6 Å². The molecule has 7 heteroatoms. The van der Waals surface area contributed by atoms with E-state index in [1.54, 1.807) is 24.3 Å². The lowest BCUT2D eigenvalue weighted by Crippen LogP contribution is -2.30. The average Bonchev–Trinajstić information content (AvgIpc) is 3.25. The van der Waals surface area contributed by atoms with Crippen molar-refractivity contribution < 1.29 is 14.6 Å². The highest BCUT2D eigenvalue weighted by atomic mass is 35.5. The van der Waals surface area contributed by atoms with E-state index in [-0.39, 0.29) is 17.7 Å². The number of phenolic OH excluding ortho intramolecular Hbond substituents is 1. The maximum absolute atomic E-state index is 13.1. The van der Waals surface area contributed by atoms with E-state index in [2.05, 4.69) is 10.2 Å². The minimum Gasteiger partial charge on any atom is -0.504 e. The number of aromatic nitrogens is 2. The van der Waals surface area contributed by atoms with Gasteiger partial charge in [-0.05, 0) is 43.2 Å². The number of nitrogens with zero attached hydrogens (tertiary/aromatic N) is 2. The van der Waals surface area contributed by atoms with Gasteiger partial charge in [-0.2, -0.15) is 5.10 Å². The van der Waals surface area contributed by atoms with E-state index in [9.17, 15) is 9.90 Å². The van der Waals surface area contributed by atoms with Gasteiger partial charge in [-0.3, -0.25) is 9.89 Å². The van der Waals surface area contributed by atoms with Crippen molar-refractivity contribution in [3.63, 3.8) is 0 Å². The number of H-pyrrole nitrogens is 1. The van der Waals surface area contributed by atoms with Gasteiger partial charge in [0.1, 0.15) is 5.69 Å². The number of carbonyl (C=O) groups is 1. The Morgan fingerprint density at radius 1 is 1.21 bits per heavy atom. The molecule has 2 heterocycles. The zero-order chi connectivity index (χ0) is 20.5. The number of halogens is 1. The number of amides is 1. The number of carbonyl (C=O) groups excluding carboxylic acids is 1. The summed E-state index contributed by atoms with van der Waals surface area (Å²) >= 11 is 6.04. The molecule has 0 bridgehead atoms. The van der Waals surface area contributed by atoms with Crippen LogP contribution in [0.5, 0.6) is 11.5 Å². The van der Waals surface area contributed by atoms with E-state index in [4.69, 9.17) is 16.3 Å². The molecule has 1 unspecified atom stereocenters. The Hall–Kier alpha value is -2.99. The van der Waals surface area contributed by atoms with Crippen LogP contribution in [-0.2, 0) is 0 Å². The van der Waals surface area contributed by atoms with Gasteiger partial charge in [0.25, 0.3) is 5.91 Å². The van der Waals surface area contributed by atoms with Crippen LogP contribution in [0.3, 0.4) is 0 Å². The second-order valence-corrected chi connectivity index (χ2v) is 7.37. The number of fused-ring (bicyclic) bond motifs is 1. The molecule has 1 amide bonds. The number of hydrogen-bond donors (Lipinski definition) is 2. The average molecular weight is 412 g/mol. The number of ether oxygens (including phenoxy) is 1. The Morgan fingerprint density at radius 2 is 1.97 bits per heavy atom. The van der Waals surface area contributed by atoms with Gasteiger partial charge < -0.3 is 14.7 Å². The smallest absolute Gasteiger partial charge is 0.273 e. The first-order valence-electron chi connectivity index (χ1n) is 9.66. The summed E-state index contributed by atoms with van der Waals surface area (Å²) in [6.07, 6.45) is 0.826. The maximum atomic E-state index is 13.1. The first-order chi connectivity index (χ1) is 14.0. The molecule has 0 aliphatic carbocycles. The normalized spacial score (nSPS) is 15.6. The summed E-state index contributed by atoms with van der Waals surface area (Å²) in [6.45, 7) is 4.95. The molecular formula is C22H22ClN3O3. The quantitative estimate of drug-likeness (QED) is 0.611. The van der Waals surface area contributed by atoms with Crippen LogP contribution in [0.1, 0.15) is 47.9 Å². The Labute approximate surface area is 174 Å². The highest BCUT2D eigenvalue weighted by Crippen LogP contribution is 2.44. The number of phenols is 1. The van der Waals surface area contributed by atoms with Crippen molar-refractivity contribution in [1.29, 1.82) is 0 Å². The lowest BCUT2D eigenvalue weighted by Gasteiger charge is -2.26. The number of hydrogen-bond acceptors (Lipinski definition) is 4. The molecule has 3 aromatic rings. The molecule has 1 aromatic heterocycles. The summed E-state index contributed by atoms with van der Waals surface area (Å²) in [5, 5.41) is 18.1. The predicted molar refractivity (Wildman–Crippen MR) is 111 cm³/mol. The second-order valence-electron chi connectivity index (χ2n) is 6.93. The van der Waals surface area contributed by atoms with Gasteiger partial charge in [-0.1, -0.05) is 36.7 Å². The fourth-order valence-electron chi connectivity index (χ4n) is 3.81. The Kier molecular flexibility index (Phi) is 5.20. The zero-order valence-corrected chi connectivity index (χ0v) is 17.0. The van der Waals surface area contributed by atoms with Crippen molar-refractivity contribution in [3.05, 3.63) is 64.3 Å². The fourth-order valence-corrected chi connectivity index (χ4v) is 3.94. The van der Waals surface area contributed by atoms with Crippen molar-refractivity contribution >= 4 is 17.5 Å². The molecule has 2 N–H and O–H groups in total. The lowest BCUT2D eigenvalue weighted by atomic mass is 9.95. The summed E-state index contributed by atoms with van der Waals surface area (Å²) in [4.78, 5) is 14.9. The van der Waals surface area contributed by atoms with Gasteiger partial charge in [0.2, 0.25) is 0 Å². The van der Waals surface area contributed by atoms with Gasteiger partial charge in [-0.25, -0.2) is 0 Å². The number of aromatic hydroxyl groups is 1. The first kappa shape index (κ1) is 19.3. The molecule has 0 fully saturated rings. The number of rotatable bonds is 6. The first-order valence-corrected chi connectivity index (χ1v) is 10.0. The topological polar surface area (TPSA) is 78.5 Å². The third-order valence-electron chi connectivity index (χ3n) is 5.05. The molecule has 6 nitrogen and oxygen atoms in total. The fraction of sp³-hybridized carbons (Fsp3) is 0.273. The molecule has 1 aliphatic rings.